The Bertz CT molecular complexity index is 1440. The van der Waals surface area contributed by atoms with E-state index in [0.29, 0.717) is 26.9 Å². The third-order valence-corrected chi connectivity index (χ3v) is 8.43. The van der Waals surface area contributed by atoms with Crippen LogP contribution in [0.15, 0.2) is 52.0 Å². The Morgan fingerprint density at radius 3 is 2.59 bits per heavy atom. The lowest BCUT2D eigenvalue weighted by Gasteiger charge is -2.15. The van der Waals surface area contributed by atoms with Crippen molar-refractivity contribution in [3.63, 3.8) is 0 Å². The molecule has 0 radical (unpaired) electrons. The fourth-order valence-corrected chi connectivity index (χ4v) is 5.92. The van der Waals surface area contributed by atoms with Crippen LogP contribution in [0.3, 0.4) is 0 Å². The van der Waals surface area contributed by atoms with E-state index in [9.17, 15) is 9.59 Å². The van der Waals surface area contributed by atoms with Gasteiger partial charge in [-0.25, -0.2) is 0 Å². The van der Waals surface area contributed by atoms with Crippen molar-refractivity contribution in [2.24, 2.45) is 0 Å². The van der Waals surface area contributed by atoms with Crippen LogP contribution in [0.2, 0.25) is 5.02 Å². The van der Waals surface area contributed by atoms with Crippen LogP contribution in [-0.2, 0) is 16.1 Å². The molecule has 0 saturated heterocycles. The maximum atomic E-state index is 12.6. The van der Waals surface area contributed by atoms with E-state index in [2.05, 4.69) is 31.0 Å². The van der Waals surface area contributed by atoms with Crippen LogP contribution in [0.25, 0.3) is 5.69 Å². The zero-order chi connectivity index (χ0) is 27.8. The molecule has 0 bridgehead atoms. The van der Waals surface area contributed by atoms with Crippen molar-refractivity contribution in [2.45, 2.75) is 36.8 Å². The molecule has 4 rings (SSSR count). The Morgan fingerprint density at radius 1 is 1.03 bits per heavy atom. The molecule has 2 heterocycles. The van der Waals surface area contributed by atoms with E-state index in [-0.39, 0.29) is 30.7 Å². The van der Waals surface area contributed by atoms with Crippen molar-refractivity contribution in [3.8, 4) is 11.4 Å². The predicted molar refractivity (Wildman–Crippen MR) is 155 cm³/mol. The van der Waals surface area contributed by atoms with E-state index < -0.39 is 0 Å². The number of carbonyl (C=O) groups is 2. The van der Waals surface area contributed by atoms with Crippen LogP contribution in [0.1, 0.15) is 23.9 Å². The monoisotopic (exact) mass is 603 g/mol. The number of hydrogen-bond acceptors (Lipinski definition) is 10. The van der Waals surface area contributed by atoms with Gasteiger partial charge in [0.2, 0.25) is 11.0 Å². The van der Waals surface area contributed by atoms with Crippen LogP contribution in [0, 0.1) is 13.8 Å². The summed E-state index contributed by atoms with van der Waals surface area (Å²) >= 11 is 10.0. The Balaban J connectivity index is 1.44. The van der Waals surface area contributed by atoms with Gasteiger partial charge in [0.05, 0.1) is 18.0 Å². The molecular weight excluding hydrogens is 578 g/mol. The third-order valence-electron chi connectivity index (χ3n) is 5.40. The molecule has 10 nitrogen and oxygen atoms in total. The Hall–Kier alpha value is -3.13. The molecule has 0 unspecified atom stereocenters. The van der Waals surface area contributed by atoms with Gasteiger partial charge in [-0.15, -0.1) is 20.4 Å². The summed E-state index contributed by atoms with van der Waals surface area (Å²) in [6.45, 7) is 6.02. The lowest BCUT2D eigenvalue weighted by Crippen LogP contribution is -2.29. The number of rotatable bonds is 12. The molecule has 14 heteroatoms. The number of ether oxygens (including phenoxy) is 1. The Morgan fingerprint density at radius 2 is 1.82 bits per heavy atom. The van der Waals surface area contributed by atoms with Gasteiger partial charge in [0.15, 0.2) is 21.9 Å². The second-order valence-electron chi connectivity index (χ2n) is 8.12. The van der Waals surface area contributed by atoms with Gasteiger partial charge in [-0.05, 0) is 61.1 Å². The average molecular weight is 604 g/mol. The van der Waals surface area contributed by atoms with Crippen LogP contribution >= 0.6 is 46.5 Å². The smallest absolute Gasteiger partial charge is 0.258 e. The number of thioether (sulfide) groups is 2. The SMILES string of the molecule is CCSc1nnc(NC(=O)CSc2nnc(CNC(=O)COc3ccc(Cl)cc3)n2-c2cccc(C)c2C)s1. The van der Waals surface area contributed by atoms with Gasteiger partial charge in [0.1, 0.15) is 5.75 Å². The van der Waals surface area contributed by atoms with E-state index in [1.54, 1.807) is 36.0 Å². The maximum Gasteiger partial charge on any atom is 0.258 e. The number of hydrogen-bond donors (Lipinski definition) is 2. The molecular formula is C25H26ClN7O3S3. The molecule has 0 saturated carbocycles. The van der Waals surface area contributed by atoms with E-state index >= 15 is 0 Å². The molecule has 0 fully saturated rings. The summed E-state index contributed by atoms with van der Waals surface area (Å²) in [5.74, 6) is 1.50. The fraction of sp³-hybridized carbons (Fsp3) is 0.280. The number of aromatic nitrogens is 5. The third kappa shape index (κ3) is 7.94. The number of benzene rings is 2. The number of nitrogens with zero attached hydrogens (tertiary/aromatic N) is 5. The minimum Gasteiger partial charge on any atom is -0.484 e. The molecule has 0 atom stereocenters. The quantitative estimate of drug-likeness (QED) is 0.171. The zero-order valence-electron chi connectivity index (χ0n) is 21.4. The molecule has 0 aliphatic carbocycles. The Kier molecular flexibility index (Phi) is 10.2. The first kappa shape index (κ1) is 28.9. The lowest BCUT2D eigenvalue weighted by atomic mass is 10.1. The summed E-state index contributed by atoms with van der Waals surface area (Å²) in [5, 5.41) is 23.9. The topological polar surface area (TPSA) is 124 Å². The van der Waals surface area contributed by atoms with Gasteiger partial charge < -0.3 is 10.1 Å². The Labute approximate surface area is 243 Å². The first-order chi connectivity index (χ1) is 18.8. The van der Waals surface area contributed by atoms with E-state index in [1.165, 1.54) is 23.1 Å². The zero-order valence-corrected chi connectivity index (χ0v) is 24.6. The van der Waals surface area contributed by atoms with E-state index in [0.717, 1.165) is 26.9 Å². The molecule has 0 spiro atoms. The summed E-state index contributed by atoms with van der Waals surface area (Å²) in [5.41, 5.74) is 3.00. The summed E-state index contributed by atoms with van der Waals surface area (Å²) in [4.78, 5) is 25.1. The van der Waals surface area contributed by atoms with Crippen LogP contribution in [0.4, 0.5) is 5.13 Å². The lowest BCUT2D eigenvalue weighted by molar-refractivity contribution is -0.123. The van der Waals surface area contributed by atoms with Crippen molar-refractivity contribution in [1.82, 2.24) is 30.3 Å². The van der Waals surface area contributed by atoms with Crippen molar-refractivity contribution >= 4 is 63.4 Å². The van der Waals surface area contributed by atoms with E-state index in [4.69, 9.17) is 16.3 Å². The van der Waals surface area contributed by atoms with Gasteiger partial charge in [0.25, 0.3) is 5.91 Å². The first-order valence-corrected chi connectivity index (χ1v) is 15.1. The molecule has 0 aliphatic heterocycles. The number of halogens is 1. The number of anilines is 1. The molecule has 2 aromatic carbocycles. The second-order valence-corrected chi connectivity index (χ2v) is 12.0. The minimum atomic E-state index is -0.313. The van der Waals surface area contributed by atoms with Crippen molar-refractivity contribution in [3.05, 3.63) is 64.4 Å². The van der Waals surface area contributed by atoms with E-state index in [1.807, 2.05) is 43.5 Å². The predicted octanol–water partition coefficient (Wildman–Crippen LogP) is 4.93. The molecule has 0 aliphatic rings. The summed E-state index contributed by atoms with van der Waals surface area (Å²) in [7, 11) is 0. The number of nitrogens with one attached hydrogen (secondary N) is 2. The van der Waals surface area contributed by atoms with Crippen molar-refractivity contribution in [1.29, 1.82) is 0 Å². The fourth-order valence-electron chi connectivity index (χ4n) is 3.36. The van der Waals surface area contributed by atoms with Gasteiger partial charge in [0, 0.05) is 5.02 Å². The number of carbonyl (C=O) groups excluding carboxylic acids is 2. The molecule has 2 N–H and O–H groups in total. The molecule has 2 aromatic heterocycles. The average Bonchev–Trinajstić information content (AvgIpc) is 3.54. The molecule has 2 amide bonds. The molecule has 4 aromatic rings. The second kappa shape index (κ2) is 13.8. The van der Waals surface area contributed by atoms with Crippen molar-refractivity contribution < 1.29 is 14.3 Å². The summed E-state index contributed by atoms with van der Waals surface area (Å²) in [6.07, 6.45) is 0. The van der Waals surface area contributed by atoms with Crippen molar-refractivity contribution in [2.75, 3.05) is 23.4 Å². The number of aryl methyl sites for hydroxylation is 1. The van der Waals surface area contributed by atoms with Gasteiger partial charge in [-0.3, -0.25) is 19.5 Å². The first-order valence-electron chi connectivity index (χ1n) is 11.9. The highest BCUT2D eigenvalue weighted by atomic mass is 35.5. The molecule has 204 valence electrons. The summed E-state index contributed by atoms with van der Waals surface area (Å²) in [6, 6.07) is 12.7. The van der Waals surface area contributed by atoms with Crippen LogP contribution in [-0.4, -0.2) is 54.9 Å². The highest BCUT2D eigenvalue weighted by Gasteiger charge is 2.19. The van der Waals surface area contributed by atoms with Crippen LogP contribution in [0.5, 0.6) is 5.75 Å². The maximum absolute atomic E-state index is 12.6. The largest absolute Gasteiger partial charge is 0.484 e. The van der Waals surface area contributed by atoms with Gasteiger partial charge in [-0.2, -0.15) is 0 Å². The highest BCUT2D eigenvalue weighted by Crippen LogP contribution is 2.27. The normalized spacial score (nSPS) is 10.9. The van der Waals surface area contributed by atoms with Gasteiger partial charge in [-0.1, -0.05) is 65.5 Å². The van der Waals surface area contributed by atoms with Crippen LogP contribution < -0.4 is 15.4 Å². The molecule has 39 heavy (non-hydrogen) atoms. The van der Waals surface area contributed by atoms with Gasteiger partial charge >= 0.3 is 0 Å². The minimum absolute atomic E-state index is 0.0973. The number of amides is 2. The standard InChI is InChI=1S/C25H26ClN7O3S3/c1-4-37-25-32-30-23(39-25)28-22(35)14-38-24-31-29-20(33(24)19-7-5-6-15(2)16(19)3)12-27-21(34)13-36-18-10-8-17(26)9-11-18/h5-11H,4,12-14H2,1-3H3,(H,27,34)(H,28,30,35). The highest BCUT2D eigenvalue weighted by molar-refractivity contribution is 8.01. The summed E-state index contributed by atoms with van der Waals surface area (Å²) < 4.78 is 8.19.